The van der Waals surface area contributed by atoms with Gasteiger partial charge < -0.3 is 5.11 Å². The van der Waals surface area contributed by atoms with Gasteiger partial charge in [-0.2, -0.15) is 0 Å². The summed E-state index contributed by atoms with van der Waals surface area (Å²) in [7, 11) is 0. The number of aromatic hydroxyl groups is 1. The van der Waals surface area contributed by atoms with Crippen LogP contribution in [0, 0.1) is 0 Å². The Kier molecular flexibility index (Phi) is 4.49. The third kappa shape index (κ3) is 3.27. The zero-order chi connectivity index (χ0) is 13.9. The SMILES string of the molecule is Oc1ccc(CN2CCC(N3CCCCC3)C2)cc1Cl. The number of phenolic OH excluding ortho intramolecular Hbond substituents is 1. The minimum atomic E-state index is 0.169. The van der Waals surface area contributed by atoms with Gasteiger partial charge in [0.1, 0.15) is 5.75 Å². The Morgan fingerprint density at radius 2 is 1.95 bits per heavy atom. The Morgan fingerprint density at radius 3 is 2.70 bits per heavy atom. The summed E-state index contributed by atoms with van der Waals surface area (Å²) in [5.41, 5.74) is 1.19. The Bertz CT molecular complexity index is 460. The molecule has 0 bridgehead atoms. The molecule has 0 amide bonds. The molecule has 0 aliphatic carbocycles. The summed E-state index contributed by atoms with van der Waals surface area (Å²) in [6, 6.07) is 6.28. The number of nitrogens with zero attached hydrogens (tertiary/aromatic N) is 2. The van der Waals surface area contributed by atoms with E-state index in [0.29, 0.717) is 5.02 Å². The normalized spacial score (nSPS) is 25.1. The molecule has 3 rings (SSSR count). The molecule has 3 nitrogen and oxygen atoms in total. The monoisotopic (exact) mass is 294 g/mol. The van der Waals surface area contributed by atoms with Crippen molar-refractivity contribution >= 4 is 11.6 Å². The van der Waals surface area contributed by atoms with Crippen LogP contribution in [-0.2, 0) is 6.54 Å². The topological polar surface area (TPSA) is 26.7 Å². The van der Waals surface area contributed by atoms with E-state index in [4.69, 9.17) is 11.6 Å². The van der Waals surface area contributed by atoms with Crippen LogP contribution in [-0.4, -0.2) is 47.1 Å². The average Bonchev–Trinajstić information content (AvgIpc) is 2.92. The molecule has 2 aliphatic rings. The van der Waals surface area contributed by atoms with Crippen LogP contribution in [0.1, 0.15) is 31.2 Å². The molecule has 0 radical (unpaired) electrons. The molecule has 4 heteroatoms. The molecule has 110 valence electrons. The molecule has 1 unspecified atom stereocenters. The maximum absolute atomic E-state index is 9.46. The van der Waals surface area contributed by atoms with Crippen molar-refractivity contribution in [2.75, 3.05) is 26.2 Å². The van der Waals surface area contributed by atoms with Gasteiger partial charge in [0.25, 0.3) is 0 Å². The largest absolute Gasteiger partial charge is 0.506 e. The summed E-state index contributed by atoms with van der Waals surface area (Å²) in [6.07, 6.45) is 5.42. The van der Waals surface area contributed by atoms with E-state index < -0.39 is 0 Å². The zero-order valence-electron chi connectivity index (χ0n) is 11.9. The van der Waals surface area contributed by atoms with Gasteiger partial charge >= 0.3 is 0 Å². The number of hydrogen-bond donors (Lipinski definition) is 1. The van der Waals surface area contributed by atoms with Gasteiger partial charge in [-0.25, -0.2) is 0 Å². The van der Waals surface area contributed by atoms with Gasteiger partial charge in [0, 0.05) is 25.7 Å². The number of halogens is 1. The maximum Gasteiger partial charge on any atom is 0.134 e. The van der Waals surface area contributed by atoms with E-state index in [1.54, 1.807) is 6.07 Å². The van der Waals surface area contributed by atoms with Crippen LogP contribution in [0.25, 0.3) is 0 Å². The Morgan fingerprint density at radius 1 is 1.15 bits per heavy atom. The lowest BCUT2D eigenvalue weighted by atomic mass is 10.1. The fraction of sp³-hybridized carbons (Fsp3) is 0.625. The van der Waals surface area contributed by atoms with E-state index in [1.807, 2.05) is 12.1 Å². The molecule has 1 aromatic rings. The van der Waals surface area contributed by atoms with Gasteiger partial charge in [-0.05, 0) is 50.0 Å². The minimum absolute atomic E-state index is 0.169. The molecule has 1 atom stereocenters. The summed E-state index contributed by atoms with van der Waals surface area (Å²) >= 11 is 5.97. The van der Waals surface area contributed by atoms with Crippen molar-refractivity contribution in [3.63, 3.8) is 0 Å². The Labute approximate surface area is 126 Å². The first-order valence-electron chi connectivity index (χ1n) is 7.66. The number of rotatable bonds is 3. The number of piperidine rings is 1. The lowest BCUT2D eigenvalue weighted by molar-refractivity contribution is 0.161. The molecular weight excluding hydrogens is 272 g/mol. The third-order valence-electron chi connectivity index (χ3n) is 4.57. The van der Waals surface area contributed by atoms with Crippen molar-refractivity contribution in [3.05, 3.63) is 28.8 Å². The van der Waals surface area contributed by atoms with Gasteiger partial charge in [-0.1, -0.05) is 24.1 Å². The van der Waals surface area contributed by atoms with Crippen LogP contribution in [0.5, 0.6) is 5.75 Å². The standard InChI is InChI=1S/C16H23ClN2O/c17-15-10-13(4-5-16(15)20)11-18-9-6-14(12-18)19-7-2-1-3-8-19/h4-5,10,14,20H,1-3,6-9,11-12H2. The second-order valence-electron chi connectivity index (χ2n) is 6.06. The predicted molar refractivity (Wildman–Crippen MR) is 82.2 cm³/mol. The van der Waals surface area contributed by atoms with Crippen molar-refractivity contribution in [2.24, 2.45) is 0 Å². The molecule has 1 aromatic carbocycles. The van der Waals surface area contributed by atoms with E-state index in [-0.39, 0.29) is 5.75 Å². The van der Waals surface area contributed by atoms with Crippen molar-refractivity contribution in [2.45, 2.75) is 38.3 Å². The second-order valence-corrected chi connectivity index (χ2v) is 6.47. The first-order chi connectivity index (χ1) is 9.72. The van der Waals surface area contributed by atoms with Gasteiger partial charge in [-0.15, -0.1) is 0 Å². The molecule has 0 saturated carbocycles. The van der Waals surface area contributed by atoms with Crippen LogP contribution >= 0.6 is 11.6 Å². The first kappa shape index (κ1) is 14.2. The minimum Gasteiger partial charge on any atom is -0.506 e. The summed E-state index contributed by atoms with van der Waals surface area (Å²) in [5.74, 6) is 0.169. The molecule has 2 saturated heterocycles. The highest BCUT2D eigenvalue weighted by atomic mass is 35.5. The Hall–Kier alpha value is -0.770. The van der Waals surface area contributed by atoms with Crippen LogP contribution in [0.15, 0.2) is 18.2 Å². The lowest BCUT2D eigenvalue weighted by Gasteiger charge is -2.32. The highest BCUT2D eigenvalue weighted by molar-refractivity contribution is 6.32. The van der Waals surface area contributed by atoms with Gasteiger partial charge in [0.05, 0.1) is 5.02 Å². The van der Waals surface area contributed by atoms with Gasteiger partial charge in [0.2, 0.25) is 0 Å². The lowest BCUT2D eigenvalue weighted by Crippen LogP contribution is -2.40. The zero-order valence-corrected chi connectivity index (χ0v) is 12.6. The summed E-state index contributed by atoms with van der Waals surface area (Å²) < 4.78 is 0. The van der Waals surface area contributed by atoms with E-state index in [2.05, 4.69) is 9.80 Å². The number of hydrogen-bond acceptors (Lipinski definition) is 3. The van der Waals surface area contributed by atoms with Crippen molar-refractivity contribution < 1.29 is 5.11 Å². The van der Waals surface area contributed by atoms with Gasteiger partial charge in [0.15, 0.2) is 0 Å². The third-order valence-corrected chi connectivity index (χ3v) is 4.88. The van der Waals surface area contributed by atoms with Crippen LogP contribution < -0.4 is 0 Å². The first-order valence-corrected chi connectivity index (χ1v) is 8.04. The van der Waals surface area contributed by atoms with Crippen molar-refractivity contribution in [1.82, 2.24) is 9.80 Å². The molecule has 0 aromatic heterocycles. The summed E-state index contributed by atoms with van der Waals surface area (Å²) in [4.78, 5) is 5.18. The van der Waals surface area contributed by atoms with E-state index in [0.717, 1.165) is 12.6 Å². The highest BCUT2D eigenvalue weighted by Crippen LogP contribution is 2.26. The van der Waals surface area contributed by atoms with Gasteiger partial charge in [-0.3, -0.25) is 9.80 Å². The number of benzene rings is 1. The maximum atomic E-state index is 9.46. The molecule has 1 N–H and O–H groups in total. The smallest absolute Gasteiger partial charge is 0.134 e. The van der Waals surface area contributed by atoms with E-state index >= 15 is 0 Å². The van der Waals surface area contributed by atoms with Crippen LogP contribution in [0.2, 0.25) is 5.02 Å². The summed E-state index contributed by atoms with van der Waals surface area (Å²) in [6.45, 7) is 5.83. The molecule has 2 aliphatic heterocycles. The molecule has 2 fully saturated rings. The fourth-order valence-electron chi connectivity index (χ4n) is 3.44. The fourth-order valence-corrected chi connectivity index (χ4v) is 3.65. The van der Waals surface area contributed by atoms with E-state index in [1.165, 1.54) is 57.4 Å². The predicted octanol–water partition coefficient (Wildman–Crippen LogP) is 3.11. The molecular formula is C16H23ClN2O. The van der Waals surface area contributed by atoms with Crippen molar-refractivity contribution in [1.29, 1.82) is 0 Å². The highest BCUT2D eigenvalue weighted by Gasteiger charge is 2.28. The molecule has 2 heterocycles. The van der Waals surface area contributed by atoms with E-state index in [9.17, 15) is 5.11 Å². The summed E-state index contributed by atoms with van der Waals surface area (Å²) in [5, 5.41) is 9.92. The molecule has 0 spiro atoms. The molecule has 20 heavy (non-hydrogen) atoms. The van der Waals surface area contributed by atoms with Crippen LogP contribution in [0.3, 0.4) is 0 Å². The second kappa shape index (κ2) is 6.33. The van der Waals surface area contributed by atoms with Crippen molar-refractivity contribution in [3.8, 4) is 5.75 Å². The number of phenols is 1. The quantitative estimate of drug-likeness (QED) is 0.928. The average molecular weight is 295 g/mol. The van der Waals surface area contributed by atoms with Crippen LogP contribution in [0.4, 0.5) is 0 Å². The number of likely N-dealkylation sites (tertiary alicyclic amines) is 2. The Balaban J connectivity index is 1.55.